The van der Waals surface area contributed by atoms with Gasteiger partial charge in [0.25, 0.3) is 5.91 Å². The molecule has 136 valence electrons. The van der Waals surface area contributed by atoms with Crippen LogP contribution in [-0.4, -0.2) is 21.7 Å². The molecule has 3 rings (SSSR count). The smallest absolute Gasteiger partial charge is 0.275 e. The van der Waals surface area contributed by atoms with Gasteiger partial charge in [0.15, 0.2) is 5.78 Å². The zero-order valence-corrected chi connectivity index (χ0v) is 15.4. The second-order valence-corrected chi connectivity index (χ2v) is 6.32. The van der Waals surface area contributed by atoms with Crippen LogP contribution in [0.2, 0.25) is 0 Å². The Labute approximate surface area is 157 Å². The molecule has 0 saturated carbocycles. The predicted molar refractivity (Wildman–Crippen MR) is 106 cm³/mol. The molecular weight excluding hydrogens is 340 g/mol. The topological polar surface area (TPSA) is 84.0 Å². The van der Waals surface area contributed by atoms with E-state index in [1.165, 1.54) is 24.9 Å². The number of amides is 1. The van der Waals surface area contributed by atoms with E-state index in [9.17, 15) is 9.59 Å². The van der Waals surface area contributed by atoms with Crippen LogP contribution in [0.25, 0.3) is 0 Å². The number of rotatable bonds is 5. The average Bonchev–Trinajstić information content (AvgIpc) is 2.65. The van der Waals surface area contributed by atoms with Gasteiger partial charge in [-0.05, 0) is 56.7 Å². The van der Waals surface area contributed by atoms with Crippen molar-refractivity contribution in [2.75, 3.05) is 10.6 Å². The molecule has 2 N–H and O–H groups in total. The highest BCUT2D eigenvalue weighted by Gasteiger charge is 2.09. The molecule has 0 saturated heterocycles. The third-order valence-corrected chi connectivity index (χ3v) is 4.08. The van der Waals surface area contributed by atoms with E-state index in [1.807, 2.05) is 26.0 Å². The largest absolute Gasteiger partial charge is 0.339 e. The molecule has 3 aromatic rings. The lowest BCUT2D eigenvalue weighted by Gasteiger charge is -2.10. The summed E-state index contributed by atoms with van der Waals surface area (Å²) in [6.07, 6.45) is 2.94. The minimum absolute atomic E-state index is 0.0226. The van der Waals surface area contributed by atoms with Crippen LogP contribution >= 0.6 is 0 Å². The normalized spacial score (nSPS) is 10.3. The van der Waals surface area contributed by atoms with Gasteiger partial charge in [0.1, 0.15) is 11.5 Å². The van der Waals surface area contributed by atoms with Crippen molar-refractivity contribution in [2.24, 2.45) is 0 Å². The molecule has 1 amide bonds. The number of hydrogen-bond acceptors (Lipinski definition) is 5. The molecule has 0 bridgehead atoms. The number of carbonyl (C=O) groups is 2. The number of ketones is 1. The van der Waals surface area contributed by atoms with Crippen molar-refractivity contribution in [3.8, 4) is 0 Å². The number of benzene rings is 2. The molecule has 6 heteroatoms. The summed E-state index contributed by atoms with van der Waals surface area (Å²) in [5.74, 6) is 0.172. The van der Waals surface area contributed by atoms with Crippen LogP contribution in [0.5, 0.6) is 0 Å². The summed E-state index contributed by atoms with van der Waals surface area (Å²) in [6.45, 7) is 5.55. The maximum Gasteiger partial charge on any atom is 0.275 e. The third kappa shape index (κ3) is 4.55. The third-order valence-electron chi connectivity index (χ3n) is 4.08. The first-order valence-electron chi connectivity index (χ1n) is 8.51. The molecule has 0 aliphatic rings. The summed E-state index contributed by atoms with van der Waals surface area (Å²) >= 11 is 0. The lowest BCUT2D eigenvalue weighted by molar-refractivity contribution is 0.101. The van der Waals surface area contributed by atoms with Gasteiger partial charge in [-0.15, -0.1) is 0 Å². The van der Waals surface area contributed by atoms with Crippen LogP contribution in [0.1, 0.15) is 38.9 Å². The van der Waals surface area contributed by atoms with E-state index in [2.05, 4.69) is 26.7 Å². The van der Waals surface area contributed by atoms with E-state index in [1.54, 1.807) is 24.3 Å². The quantitative estimate of drug-likeness (QED) is 0.663. The van der Waals surface area contributed by atoms with Gasteiger partial charge in [-0.2, -0.15) is 0 Å². The lowest BCUT2D eigenvalue weighted by Crippen LogP contribution is -2.14. The predicted octanol–water partition coefficient (Wildman–Crippen LogP) is 4.29. The first kappa shape index (κ1) is 18.3. The number of Topliss-reactive ketones (excluding diaryl/α,β-unsaturated/α-hetero) is 1. The Kier molecular flexibility index (Phi) is 5.26. The zero-order valence-electron chi connectivity index (χ0n) is 15.4. The molecule has 2 aromatic carbocycles. The Bertz CT molecular complexity index is 980. The SMILES string of the molecule is CC(=O)c1ccc(NC(=O)c2cnc(Nc3ccc(C)cc3C)cn2)cc1. The fraction of sp³-hybridized carbons (Fsp3) is 0.143. The maximum atomic E-state index is 12.3. The molecule has 0 atom stereocenters. The summed E-state index contributed by atoms with van der Waals surface area (Å²) in [4.78, 5) is 32.0. The Morgan fingerprint density at radius 2 is 1.67 bits per heavy atom. The number of anilines is 3. The van der Waals surface area contributed by atoms with Gasteiger partial charge in [0, 0.05) is 16.9 Å². The van der Waals surface area contributed by atoms with Crippen molar-refractivity contribution in [1.29, 1.82) is 0 Å². The number of carbonyl (C=O) groups excluding carboxylic acids is 2. The Morgan fingerprint density at radius 3 is 2.26 bits per heavy atom. The molecule has 1 heterocycles. The monoisotopic (exact) mass is 360 g/mol. The minimum Gasteiger partial charge on any atom is -0.339 e. The molecule has 0 aliphatic heterocycles. The van der Waals surface area contributed by atoms with Gasteiger partial charge in [-0.25, -0.2) is 9.97 Å². The van der Waals surface area contributed by atoms with Crippen molar-refractivity contribution in [1.82, 2.24) is 9.97 Å². The number of aryl methyl sites for hydroxylation is 2. The zero-order chi connectivity index (χ0) is 19.4. The standard InChI is InChI=1S/C21H20N4O2/c1-13-4-9-18(14(2)10-13)25-20-12-22-19(11-23-20)21(27)24-17-7-5-16(6-8-17)15(3)26/h4-12H,1-3H3,(H,23,25)(H,24,27). The summed E-state index contributed by atoms with van der Waals surface area (Å²) in [5.41, 5.74) is 4.62. The van der Waals surface area contributed by atoms with E-state index in [-0.39, 0.29) is 17.4 Å². The first-order valence-corrected chi connectivity index (χ1v) is 8.51. The van der Waals surface area contributed by atoms with Crippen molar-refractivity contribution >= 4 is 28.9 Å². The highest BCUT2D eigenvalue weighted by Crippen LogP contribution is 2.20. The summed E-state index contributed by atoms with van der Waals surface area (Å²) in [7, 11) is 0. The Morgan fingerprint density at radius 1 is 0.926 bits per heavy atom. The van der Waals surface area contributed by atoms with Gasteiger partial charge < -0.3 is 10.6 Å². The van der Waals surface area contributed by atoms with E-state index >= 15 is 0 Å². The van der Waals surface area contributed by atoms with Crippen LogP contribution in [-0.2, 0) is 0 Å². The second-order valence-electron chi connectivity index (χ2n) is 6.32. The van der Waals surface area contributed by atoms with Gasteiger partial charge in [0.2, 0.25) is 0 Å². The van der Waals surface area contributed by atoms with Crippen molar-refractivity contribution in [3.63, 3.8) is 0 Å². The molecule has 27 heavy (non-hydrogen) atoms. The molecule has 0 unspecified atom stereocenters. The lowest BCUT2D eigenvalue weighted by atomic mass is 10.1. The fourth-order valence-electron chi connectivity index (χ4n) is 2.59. The van der Waals surface area contributed by atoms with E-state index in [0.717, 1.165) is 11.3 Å². The summed E-state index contributed by atoms with van der Waals surface area (Å²) < 4.78 is 0. The number of hydrogen-bond donors (Lipinski definition) is 2. The van der Waals surface area contributed by atoms with Crippen molar-refractivity contribution < 1.29 is 9.59 Å². The second kappa shape index (κ2) is 7.78. The number of nitrogens with one attached hydrogen (secondary N) is 2. The van der Waals surface area contributed by atoms with Gasteiger partial charge in [-0.3, -0.25) is 9.59 Å². The fourth-order valence-corrected chi connectivity index (χ4v) is 2.59. The van der Waals surface area contributed by atoms with Gasteiger partial charge in [-0.1, -0.05) is 17.7 Å². The molecule has 0 radical (unpaired) electrons. The molecule has 0 spiro atoms. The molecule has 1 aromatic heterocycles. The van der Waals surface area contributed by atoms with Gasteiger partial charge >= 0.3 is 0 Å². The molecule has 6 nitrogen and oxygen atoms in total. The van der Waals surface area contributed by atoms with Crippen LogP contribution < -0.4 is 10.6 Å². The van der Waals surface area contributed by atoms with Crippen molar-refractivity contribution in [3.05, 3.63) is 77.2 Å². The molecular formula is C21H20N4O2. The first-order chi connectivity index (χ1) is 12.9. The molecule has 0 aliphatic carbocycles. The number of aromatic nitrogens is 2. The van der Waals surface area contributed by atoms with Crippen LogP contribution in [0.15, 0.2) is 54.9 Å². The van der Waals surface area contributed by atoms with E-state index in [0.29, 0.717) is 17.1 Å². The van der Waals surface area contributed by atoms with Gasteiger partial charge in [0.05, 0.1) is 12.4 Å². The molecule has 0 fully saturated rings. The Balaban J connectivity index is 1.67. The minimum atomic E-state index is -0.365. The summed E-state index contributed by atoms with van der Waals surface area (Å²) in [5, 5.41) is 5.93. The average molecular weight is 360 g/mol. The highest BCUT2D eigenvalue weighted by atomic mass is 16.2. The van der Waals surface area contributed by atoms with Crippen molar-refractivity contribution in [2.45, 2.75) is 20.8 Å². The van der Waals surface area contributed by atoms with E-state index < -0.39 is 0 Å². The van der Waals surface area contributed by atoms with Crippen LogP contribution in [0.4, 0.5) is 17.2 Å². The number of nitrogens with zero attached hydrogens (tertiary/aromatic N) is 2. The summed E-state index contributed by atoms with van der Waals surface area (Å²) in [6, 6.07) is 12.8. The van der Waals surface area contributed by atoms with Crippen LogP contribution in [0, 0.1) is 13.8 Å². The highest BCUT2D eigenvalue weighted by molar-refractivity contribution is 6.03. The van der Waals surface area contributed by atoms with E-state index in [4.69, 9.17) is 0 Å². The van der Waals surface area contributed by atoms with Crippen LogP contribution in [0.3, 0.4) is 0 Å². The maximum absolute atomic E-state index is 12.3. The Hall–Kier alpha value is -3.54.